The van der Waals surface area contributed by atoms with E-state index in [0.29, 0.717) is 12.3 Å². The van der Waals surface area contributed by atoms with Crippen LogP contribution in [0.5, 0.6) is 5.75 Å². The van der Waals surface area contributed by atoms with E-state index in [1.165, 1.54) is 4.88 Å². The predicted molar refractivity (Wildman–Crippen MR) is 83.0 cm³/mol. The third kappa shape index (κ3) is 3.64. The summed E-state index contributed by atoms with van der Waals surface area (Å²) in [7, 11) is 0. The summed E-state index contributed by atoms with van der Waals surface area (Å²) < 4.78 is 5.64. The van der Waals surface area contributed by atoms with E-state index in [4.69, 9.17) is 10.5 Å². The smallest absolute Gasteiger partial charge is 0.144 e. The van der Waals surface area contributed by atoms with Gasteiger partial charge in [-0.1, -0.05) is 13.0 Å². The fraction of sp³-hybridized carbons (Fsp3) is 0.333. The highest BCUT2D eigenvalue weighted by Crippen LogP contribution is 2.29. The topological polar surface area (TPSA) is 47.3 Å². The van der Waals surface area contributed by atoms with Crippen LogP contribution in [0.25, 0.3) is 0 Å². The van der Waals surface area contributed by atoms with E-state index in [9.17, 15) is 0 Å². The number of ether oxygens (including phenoxy) is 1. The van der Waals surface area contributed by atoms with E-state index in [2.05, 4.69) is 36.7 Å². The number of hydrogen-bond donors (Lipinski definition) is 2. The maximum atomic E-state index is 5.90. The minimum absolute atomic E-state index is 0.280. The molecule has 2 aromatic rings. The first-order chi connectivity index (χ1) is 9.20. The quantitative estimate of drug-likeness (QED) is 0.774. The summed E-state index contributed by atoms with van der Waals surface area (Å²) in [4.78, 5) is 1.31. The second-order valence-electron chi connectivity index (χ2n) is 4.48. The molecule has 0 aliphatic carbocycles. The Morgan fingerprint density at radius 2 is 2.21 bits per heavy atom. The Bertz CT molecular complexity index is 511. The number of hydrogen-bond acceptors (Lipinski definition) is 4. The molecule has 4 heteroatoms. The van der Waals surface area contributed by atoms with Gasteiger partial charge in [-0.3, -0.25) is 0 Å². The molecule has 0 saturated carbocycles. The van der Waals surface area contributed by atoms with Crippen molar-refractivity contribution in [1.29, 1.82) is 0 Å². The minimum atomic E-state index is 0.280. The van der Waals surface area contributed by atoms with Crippen LogP contribution in [0, 0.1) is 0 Å². The molecule has 1 aromatic heterocycles. The molecule has 3 nitrogen and oxygen atoms in total. The molecule has 2 rings (SSSR count). The van der Waals surface area contributed by atoms with Gasteiger partial charge in [0.2, 0.25) is 0 Å². The summed E-state index contributed by atoms with van der Waals surface area (Å²) in [5.41, 5.74) is 7.62. The van der Waals surface area contributed by atoms with Crippen LogP contribution < -0.4 is 15.8 Å². The van der Waals surface area contributed by atoms with Crippen molar-refractivity contribution in [3.63, 3.8) is 0 Å². The monoisotopic (exact) mass is 276 g/mol. The lowest BCUT2D eigenvalue weighted by molar-refractivity contribution is 0.319. The first-order valence-corrected chi connectivity index (χ1v) is 7.41. The molecule has 0 aliphatic rings. The molecule has 0 amide bonds. The first-order valence-electron chi connectivity index (χ1n) is 6.53. The van der Waals surface area contributed by atoms with Gasteiger partial charge in [0.05, 0.1) is 18.3 Å². The van der Waals surface area contributed by atoms with E-state index >= 15 is 0 Å². The molecule has 1 unspecified atom stereocenters. The van der Waals surface area contributed by atoms with E-state index in [1.807, 2.05) is 18.2 Å². The predicted octanol–water partition coefficient (Wildman–Crippen LogP) is 4.29. The third-order valence-corrected chi connectivity index (χ3v) is 3.88. The number of nitrogens with one attached hydrogen (secondary N) is 1. The van der Waals surface area contributed by atoms with E-state index in [-0.39, 0.29) is 6.04 Å². The van der Waals surface area contributed by atoms with Crippen LogP contribution in [0.2, 0.25) is 0 Å². The number of thiophene rings is 1. The van der Waals surface area contributed by atoms with Crippen LogP contribution in [0.15, 0.2) is 35.7 Å². The van der Waals surface area contributed by atoms with Gasteiger partial charge in [0.15, 0.2) is 0 Å². The fourth-order valence-electron chi connectivity index (χ4n) is 1.82. The average molecular weight is 276 g/mol. The van der Waals surface area contributed by atoms with E-state index < -0.39 is 0 Å². The molecule has 1 aromatic carbocycles. The molecule has 0 saturated heterocycles. The molecule has 0 aliphatic heterocycles. The minimum Gasteiger partial charge on any atom is -0.491 e. The van der Waals surface area contributed by atoms with Crippen molar-refractivity contribution < 1.29 is 4.74 Å². The van der Waals surface area contributed by atoms with Crippen molar-refractivity contribution in [2.24, 2.45) is 0 Å². The lowest BCUT2D eigenvalue weighted by atomic mass is 10.2. The molecular formula is C15H20N2OS. The summed E-state index contributed by atoms with van der Waals surface area (Å²) in [6, 6.07) is 10.3. The highest BCUT2D eigenvalue weighted by atomic mass is 32.1. The number of rotatable bonds is 6. The fourth-order valence-corrected chi connectivity index (χ4v) is 2.55. The highest BCUT2D eigenvalue weighted by Gasteiger charge is 2.08. The molecule has 0 spiro atoms. The van der Waals surface area contributed by atoms with E-state index in [0.717, 1.165) is 17.9 Å². The van der Waals surface area contributed by atoms with Crippen LogP contribution in [0.4, 0.5) is 11.4 Å². The molecule has 1 heterocycles. The lowest BCUT2D eigenvalue weighted by Crippen LogP contribution is -2.06. The van der Waals surface area contributed by atoms with Gasteiger partial charge >= 0.3 is 0 Å². The number of benzene rings is 1. The average Bonchev–Trinajstić information content (AvgIpc) is 2.93. The molecule has 0 fully saturated rings. The van der Waals surface area contributed by atoms with Crippen LogP contribution in [-0.4, -0.2) is 6.61 Å². The van der Waals surface area contributed by atoms with Crippen LogP contribution in [0.3, 0.4) is 0 Å². The van der Waals surface area contributed by atoms with Gasteiger partial charge in [-0.25, -0.2) is 0 Å². The SMILES string of the molecule is CCCOc1cc(NC(C)c2cccs2)ccc1N. The Morgan fingerprint density at radius 3 is 2.89 bits per heavy atom. The second kappa shape index (κ2) is 6.48. The lowest BCUT2D eigenvalue weighted by Gasteiger charge is -2.16. The number of anilines is 2. The normalized spacial score (nSPS) is 12.1. The molecule has 3 N–H and O–H groups in total. The Morgan fingerprint density at radius 1 is 1.37 bits per heavy atom. The Hall–Kier alpha value is -1.68. The van der Waals surface area contributed by atoms with E-state index in [1.54, 1.807) is 11.3 Å². The number of nitrogen functional groups attached to an aromatic ring is 1. The van der Waals surface area contributed by atoms with Gasteiger partial charge in [-0.05, 0) is 36.9 Å². The van der Waals surface area contributed by atoms with Crippen molar-refractivity contribution in [3.8, 4) is 5.75 Å². The second-order valence-corrected chi connectivity index (χ2v) is 5.46. The Kier molecular flexibility index (Phi) is 4.68. The van der Waals surface area contributed by atoms with Crippen LogP contribution >= 0.6 is 11.3 Å². The molecular weight excluding hydrogens is 256 g/mol. The zero-order valence-electron chi connectivity index (χ0n) is 11.3. The van der Waals surface area contributed by atoms with Crippen molar-refractivity contribution in [2.75, 3.05) is 17.7 Å². The molecule has 0 radical (unpaired) electrons. The van der Waals surface area contributed by atoms with Gasteiger partial charge in [0.1, 0.15) is 5.75 Å². The van der Waals surface area contributed by atoms with Crippen molar-refractivity contribution >= 4 is 22.7 Å². The summed E-state index contributed by atoms with van der Waals surface area (Å²) in [6.07, 6.45) is 0.975. The summed E-state index contributed by atoms with van der Waals surface area (Å²) >= 11 is 1.75. The summed E-state index contributed by atoms with van der Waals surface area (Å²) in [6.45, 7) is 4.92. The van der Waals surface area contributed by atoms with Crippen molar-refractivity contribution in [3.05, 3.63) is 40.6 Å². The zero-order chi connectivity index (χ0) is 13.7. The summed E-state index contributed by atoms with van der Waals surface area (Å²) in [5.74, 6) is 0.755. The maximum Gasteiger partial charge on any atom is 0.144 e. The standard InChI is InChI=1S/C15H20N2OS/c1-3-8-18-14-10-12(6-7-13(14)16)17-11(2)15-5-4-9-19-15/h4-7,9-11,17H,3,8,16H2,1-2H3. The van der Waals surface area contributed by atoms with Gasteiger partial charge in [-0.15, -0.1) is 11.3 Å². The molecule has 0 bridgehead atoms. The van der Waals surface area contributed by atoms with Gasteiger partial charge < -0.3 is 15.8 Å². The zero-order valence-corrected chi connectivity index (χ0v) is 12.2. The van der Waals surface area contributed by atoms with Gasteiger partial charge in [0, 0.05) is 16.6 Å². The van der Waals surface area contributed by atoms with Crippen LogP contribution in [0.1, 0.15) is 31.2 Å². The summed E-state index contributed by atoms with van der Waals surface area (Å²) in [5, 5.41) is 5.55. The first kappa shape index (κ1) is 13.7. The Balaban J connectivity index is 2.08. The maximum absolute atomic E-state index is 5.90. The number of nitrogens with two attached hydrogens (primary N) is 1. The molecule has 1 atom stereocenters. The molecule has 19 heavy (non-hydrogen) atoms. The van der Waals surface area contributed by atoms with Gasteiger partial charge in [-0.2, -0.15) is 0 Å². The van der Waals surface area contributed by atoms with Crippen LogP contribution in [-0.2, 0) is 0 Å². The van der Waals surface area contributed by atoms with Crippen molar-refractivity contribution in [2.45, 2.75) is 26.3 Å². The Labute approximate surface area is 118 Å². The highest BCUT2D eigenvalue weighted by molar-refractivity contribution is 7.10. The molecule has 102 valence electrons. The third-order valence-electron chi connectivity index (χ3n) is 2.83. The largest absolute Gasteiger partial charge is 0.491 e. The van der Waals surface area contributed by atoms with Crippen molar-refractivity contribution in [1.82, 2.24) is 0 Å². The van der Waals surface area contributed by atoms with Gasteiger partial charge in [0.25, 0.3) is 0 Å².